The van der Waals surface area contributed by atoms with Crippen molar-refractivity contribution in [1.82, 2.24) is 4.90 Å². The number of carboxylic acids is 2. The molecule has 0 radical (unpaired) electrons. The van der Waals surface area contributed by atoms with Gasteiger partial charge in [0, 0.05) is 12.2 Å². The summed E-state index contributed by atoms with van der Waals surface area (Å²) in [6, 6.07) is 5.84. The maximum atomic E-state index is 12.1. The van der Waals surface area contributed by atoms with Crippen molar-refractivity contribution < 1.29 is 29.4 Å². The Labute approximate surface area is 129 Å². The summed E-state index contributed by atoms with van der Waals surface area (Å²) in [6.45, 7) is -0.187. The van der Waals surface area contributed by atoms with Gasteiger partial charge in [0.15, 0.2) is 5.37 Å². The van der Waals surface area contributed by atoms with Gasteiger partial charge in [-0.15, -0.1) is 0 Å². The van der Waals surface area contributed by atoms with E-state index in [2.05, 4.69) is 5.32 Å². The van der Waals surface area contributed by atoms with Crippen LogP contribution >= 0.6 is 11.8 Å². The highest BCUT2D eigenvalue weighted by atomic mass is 32.2. The number of thioether (sulfide) groups is 1. The SMILES string of the molecule is O=C(O)CCN1C(=O)SC(Nc2cccc(C(=O)O)c2)C1=O. The lowest BCUT2D eigenvalue weighted by molar-refractivity contribution is -0.137. The normalized spacial score (nSPS) is 17.6. The summed E-state index contributed by atoms with van der Waals surface area (Å²) in [6.07, 6.45) is -0.320. The molecule has 2 amide bonds. The number of hydrogen-bond acceptors (Lipinski definition) is 6. The minimum absolute atomic E-state index is 0.0505. The van der Waals surface area contributed by atoms with Crippen molar-refractivity contribution in [1.29, 1.82) is 0 Å². The molecule has 1 fully saturated rings. The second-order valence-electron chi connectivity index (χ2n) is 4.43. The third kappa shape index (κ3) is 3.55. The number of aliphatic carboxylic acids is 1. The van der Waals surface area contributed by atoms with Gasteiger partial charge in [-0.25, -0.2) is 4.79 Å². The molecule has 0 saturated carbocycles. The first-order chi connectivity index (χ1) is 10.4. The Balaban J connectivity index is 2.06. The first-order valence-corrected chi connectivity index (χ1v) is 7.10. The van der Waals surface area contributed by atoms with Gasteiger partial charge in [0.1, 0.15) is 0 Å². The molecular formula is C13H12N2O6S. The quantitative estimate of drug-likeness (QED) is 0.715. The van der Waals surface area contributed by atoms with Crippen LogP contribution in [0.25, 0.3) is 0 Å². The van der Waals surface area contributed by atoms with E-state index in [-0.39, 0.29) is 18.5 Å². The lowest BCUT2D eigenvalue weighted by Crippen LogP contribution is -2.35. The largest absolute Gasteiger partial charge is 0.481 e. The number of nitrogens with zero attached hydrogens (tertiary/aromatic N) is 1. The van der Waals surface area contributed by atoms with E-state index in [1.165, 1.54) is 18.2 Å². The molecule has 1 atom stereocenters. The number of anilines is 1. The minimum atomic E-state index is -1.10. The Bertz CT molecular complexity index is 647. The van der Waals surface area contributed by atoms with Crippen molar-refractivity contribution in [2.75, 3.05) is 11.9 Å². The lowest BCUT2D eigenvalue weighted by atomic mass is 10.2. The highest BCUT2D eigenvalue weighted by Gasteiger charge is 2.39. The lowest BCUT2D eigenvalue weighted by Gasteiger charge is -2.14. The van der Waals surface area contributed by atoms with E-state index in [4.69, 9.17) is 10.2 Å². The Hall–Kier alpha value is -2.55. The van der Waals surface area contributed by atoms with Crippen LogP contribution in [0.1, 0.15) is 16.8 Å². The van der Waals surface area contributed by atoms with Gasteiger partial charge in [-0.2, -0.15) is 0 Å². The van der Waals surface area contributed by atoms with E-state index >= 15 is 0 Å². The summed E-state index contributed by atoms with van der Waals surface area (Å²) in [5.41, 5.74) is 0.438. The number of aromatic carboxylic acids is 1. The van der Waals surface area contributed by atoms with E-state index < -0.39 is 28.5 Å². The summed E-state index contributed by atoms with van der Waals surface area (Å²) in [4.78, 5) is 46.1. The van der Waals surface area contributed by atoms with E-state index in [9.17, 15) is 19.2 Å². The number of carbonyl (C=O) groups is 4. The van der Waals surface area contributed by atoms with Crippen molar-refractivity contribution in [3.63, 3.8) is 0 Å². The fourth-order valence-electron chi connectivity index (χ4n) is 1.84. The molecule has 1 heterocycles. The molecule has 22 heavy (non-hydrogen) atoms. The zero-order chi connectivity index (χ0) is 16.3. The third-order valence-corrected chi connectivity index (χ3v) is 3.86. The summed E-state index contributed by atoms with van der Waals surface area (Å²) in [5.74, 6) is -2.75. The van der Waals surface area contributed by atoms with Gasteiger partial charge in [0.25, 0.3) is 11.1 Å². The number of carbonyl (C=O) groups excluding carboxylic acids is 2. The van der Waals surface area contributed by atoms with Crippen LogP contribution in [0.15, 0.2) is 24.3 Å². The second kappa shape index (κ2) is 6.48. The fraction of sp³-hybridized carbons (Fsp3) is 0.231. The Morgan fingerprint density at radius 2 is 2.00 bits per heavy atom. The predicted octanol–water partition coefficient (Wildman–Crippen LogP) is 1.29. The van der Waals surface area contributed by atoms with Crippen LogP contribution in [0, 0.1) is 0 Å². The van der Waals surface area contributed by atoms with Gasteiger partial charge < -0.3 is 15.5 Å². The van der Waals surface area contributed by atoms with E-state index in [0.717, 1.165) is 16.7 Å². The molecule has 0 aromatic heterocycles. The van der Waals surface area contributed by atoms with Gasteiger partial charge in [-0.05, 0) is 30.0 Å². The molecule has 1 aliphatic heterocycles. The van der Waals surface area contributed by atoms with Gasteiger partial charge in [0.2, 0.25) is 0 Å². The van der Waals surface area contributed by atoms with Crippen molar-refractivity contribution in [3.8, 4) is 0 Å². The van der Waals surface area contributed by atoms with Crippen molar-refractivity contribution in [2.45, 2.75) is 11.8 Å². The van der Waals surface area contributed by atoms with E-state index in [1.807, 2.05) is 0 Å². The van der Waals surface area contributed by atoms with E-state index in [1.54, 1.807) is 6.07 Å². The number of rotatable bonds is 6. The highest BCUT2D eigenvalue weighted by molar-refractivity contribution is 8.15. The van der Waals surface area contributed by atoms with E-state index in [0.29, 0.717) is 5.69 Å². The van der Waals surface area contributed by atoms with Crippen LogP contribution in [0.4, 0.5) is 10.5 Å². The van der Waals surface area contributed by atoms with Crippen molar-refractivity contribution >= 4 is 40.5 Å². The van der Waals surface area contributed by atoms with Crippen LogP contribution in [-0.4, -0.2) is 50.1 Å². The molecule has 0 spiro atoms. The monoisotopic (exact) mass is 324 g/mol. The molecule has 1 saturated heterocycles. The standard InChI is InChI=1S/C13H12N2O6S/c16-9(17)4-5-15-11(18)10(22-13(15)21)14-8-3-1-2-7(6-8)12(19)20/h1-3,6,10,14H,4-5H2,(H,16,17)(H,19,20). The summed E-state index contributed by atoms with van der Waals surface area (Å²) >= 11 is 0.729. The molecule has 9 heteroatoms. The molecule has 0 bridgehead atoms. The summed E-state index contributed by atoms with van der Waals surface area (Å²) < 4.78 is 0. The second-order valence-corrected chi connectivity index (χ2v) is 5.48. The predicted molar refractivity (Wildman–Crippen MR) is 77.8 cm³/mol. The van der Waals surface area contributed by atoms with Gasteiger partial charge in [-0.1, -0.05) is 6.07 Å². The zero-order valence-corrected chi connectivity index (χ0v) is 12.0. The smallest absolute Gasteiger partial charge is 0.335 e. The maximum Gasteiger partial charge on any atom is 0.335 e. The topological polar surface area (TPSA) is 124 Å². The number of amides is 2. The number of nitrogens with one attached hydrogen (secondary N) is 1. The first-order valence-electron chi connectivity index (χ1n) is 6.22. The highest BCUT2D eigenvalue weighted by Crippen LogP contribution is 2.28. The number of hydrogen-bond donors (Lipinski definition) is 3. The van der Waals surface area contributed by atoms with Crippen LogP contribution in [0.2, 0.25) is 0 Å². The van der Waals surface area contributed by atoms with Crippen LogP contribution < -0.4 is 5.32 Å². The molecule has 1 aromatic carbocycles. The molecule has 3 N–H and O–H groups in total. The maximum absolute atomic E-state index is 12.1. The Morgan fingerprint density at radius 1 is 1.27 bits per heavy atom. The molecule has 0 aliphatic carbocycles. The Morgan fingerprint density at radius 3 is 2.64 bits per heavy atom. The van der Waals surface area contributed by atoms with Crippen molar-refractivity contribution in [2.24, 2.45) is 0 Å². The number of benzene rings is 1. The van der Waals surface area contributed by atoms with Gasteiger partial charge in [0.05, 0.1) is 12.0 Å². The van der Waals surface area contributed by atoms with Crippen LogP contribution in [0.3, 0.4) is 0 Å². The van der Waals surface area contributed by atoms with Crippen LogP contribution in [-0.2, 0) is 9.59 Å². The van der Waals surface area contributed by atoms with Crippen molar-refractivity contribution in [3.05, 3.63) is 29.8 Å². The third-order valence-electron chi connectivity index (χ3n) is 2.89. The molecule has 8 nitrogen and oxygen atoms in total. The van der Waals surface area contributed by atoms with Crippen LogP contribution in [0.5, 0.6) is 0 Å². The number of carboxylic acid groups (broad SMARTS) is 2. The average molecular weight is 324 g/mol. The summed E-state index contributed by atoms with van der Waals surface area (Å²) in [5, 5.41) is 18.9. The molecule has 1 aliphatic rings. The molecule has 2 rings (SSSR count). The fourth-order valence-corrected chi connectivity index (χ4v) is 2.77. The molecule has 116 valence electrons. The average Bonchev–Trinajstić information content (AvgIpc) is 2.71. The Kier molecular flexibility index (Phi) is 4.66. The minimum Gasteiger partial charge on any atom is -0.481 e. The number of imide groups is 1. The van der Waals surface area contributed by atoms with Gasteiger partial charge >= 0.3 is 11.9 Å². The first kappa shape index (κ1) is 15.8. The molecule has 1 aromatic rings. The molecule has 1 unspecified atom stereocenters. The molecular weight excluding hydrogens is 312 g/mol. The zero-order valence-electron chi connectivity index (χ0n) is 11.2. The summed E-state index contributed by atoms with van der Waals surface area (Å²) in [7, 11) is 0. The van der Waals surface area contributed by atoms with Gasteiger partial charge in [-0.3, -0.25) is 19.3 Å².